The molecule has 0 radical (unpaired) electrons. The molecule has 126 valence electrons. The fourth-order valence-corrected chi connectivity index (χ4v) is 5.01. The maximum Gasteiger partial charge on any atom is 0.173 e. The van der Waals surface area contributed by atoms with Crippen molar-refractivity contribution >= 4 is 0 Å². The van der Waals surface area contributed by atoms with Crippen molar-refractivity contribution < 1.29 is 9.84 Å². The van der Waals surface area contributed by atoms with Crippen LogP contribution in [-0.2, 0) is 4.74 Å². The van der Waals surface area contributed by atoms with Crippen LogP contribution in [0.4, 0.5) is 0 Å². The third kappa shape index (κ3) is 2.41. The van der Waals surface area contributed by atoms with Crippen molar-refractivity contribution in [3.8, 4) is 0 Å². The summed E-state index contributed by atoms with van der Waals surface area (Å²) in [5.41, 5.74) is 1.30. The van der Waals surface area contributed by atoms with Crippen LogP contribution in [0.3, 0.4) is 0 Å². The molecule has 2 aliphatic heterocycles. The van der Waals surface area contributed by atoms with Gasteiger partial charge < -0.3 is 15.2 Å². The molecule has 1 aliphatic carbocycles. The van der Waals surface area contributed by atoms with Gasteiger partial charge in [-0.15, -0.1) is 0 Å². The normalized spacial score (nSPS) is 46.4. The van der Waals surface area contributed by atoms with Gasteiger partial charge in [-0.2, -0.15) is 0 Å². The first-order valence-corrected chi connectivity index (χ1v) is 8.96. The zero-order chi connectivity index (χ0) is 16.3. The Kier molecular flexibility index (Phi) is 3.69. The molecule has 3 fully saturated rings. The molecule has 5 atom stereocenters. The summed E-state index contributed by atoms with van der Waals surface area (Å²) in [6.07, 6.45) is 6.27. The number of aliphatic hydroxyl groups is 1. The van der Waals surface area contributed by atoms with Gasteiger partial charge in [0.15, 0.2) is 5.79 Å². The van der Waals surface area contributed by atoms with Gasteiger partial charge in [-0.3, -0.25) is 0 Å². The minimum Gasteiger partial charge on any atom is -0.386 e. The molecule has 2 bridgehead atoms. The van der Waals surface area contributed by atoms with E-state index in [0.29, 0.717) is 24.2 Å². The third-order valence-corrected chi connectivity index (χ3v) is 6.20. The van der Waals surface area contributed by atoms with E-state index < -0.39 is 5.79 Å². The molecule has 1 spiro atoms. The molecule has 2 saturated heterocycles. The van der Waals surface area contributed by atoms with Crippen LogP contribution >= 0.6 is 0 Å². The van der Waals surface area contributed by atoms with Crippen molar-refractivity contribution in [1.29, 1.82) is 0 Å². The molecule has 2 heterocycles. The minimum absolute atomic E-state index is 0.0573. The van der Waals surface area contributed by atoms with Gasteiger partial charge in [-0.05, 0) is 63.6 Å². The van der Waals surface area contributed by atoms with Crippen molar-refractivity contribution in [3.05, 3.63) is 11.8 Å². The van der Waals surface area contributed by atoms with Crippen LogP contribution in [0.25, 0.3) is 0 Å². The minimum atomic E-state index is -0.964. The van der Waals surface area contributed by atoms with Gasteiger partial charge >= 0.3 is 0 Å². The van der Waals surface area contributed by atoms with Crippen LogP contribution in [0.2, 0.25) is 0 Å². The van der Waals surface area contributed by atoms with Crippen LogP contribution < -0.4 is 5.32 Å². The zero-order valence-corrected chi connectivity index (χ0v) is 15.1. The van der Waals surface area contributed by atoms with Gasteiger partial charge in [0.2, 0.25) is 0 Å². The van der Waals surface area contributed by atoms with Gasteiger partial charge in [0.1, 0.15) is 0 Å². The highest BCUT2D eigenvalue weighted by Crippen LogP contribution is 2.63. The Bertz CT molecular complexity index is 478. The lowest BCUT2D eigenvalue weighted by molar-refractivity contribution is -0.269. The first-order valence-electron chi connectivity index (χ1n) is 8.96. The summed E-state index contributed by atoms with van der Waals surface area (Å²) in [4.78, 5) is 0. The third-order valence-electron chi connectivity index (χ3n) is 6.20. The van der Waals surface area contributed by atoms with Crippen LogP contribution in [0.15, 0.2) is 11.8 Å². The van der Waals surface area contributed by atoms with Gasteiger partial charge in [0, 0.05) is 23.8 Å². The maximum absolute atomic E-state index is 11.2. The number of nitrogens with one attached hydrogen (secondary N) is 1. The Labute approximate surface area is 135 Å². The molecular formula is C19H33NO2. The molecule has 2 N–H and O–H groups in total. The Hall–Kier alpha value is -0.540. The lowest BCUT2D eigenvalue weighted by Crippen LogP contribution is -2.49. The van der Waals surface area contributed by atoms with Gasteiger partial charge in [0.25, 0.3) is 0 Å². The zero-order valence-electron chi connectivity index (χ0n) is 15.1. The van der Waals surface area contributed by atoms with Crippen LogP contribution in [0.1, 0.15) is 67.2 Å². The van der Waals surface area contributed by atoms with Crippen molar-refractivity contribution in [2.24, 2.45) is 23.7 Å². The predicted molar refractivity (Wildman–Crippen MR) is 89.2 cm³/mol. The second-order valence-corrected chi connectivity index (χ2v) is 9.28. The average Bonchev–Trinajstić information content (AvgIpc) is 2.83. The Balaban J connectivity index is 1.97. The van der Waals surface area contributed by atoms with E-state index in [1.165, 1.54) is 18.4 Å². The Morgan fingerprint density at radius 1 is 1.32 bits per heavy atom. The van der Waals surface area contributed by atoms with Crippen LogP contribution in [0, 0.1) is 23.7 Å². The summed E-state index contributed by atoms with van der Waals surface area (Å²) in [5, 5.41) is 14.7. The number of hydrogen-bond acceptors (Lipinski definition) is 3. The van der Waals surface area contributed by atoms with E-state index in [4.69, 9.17) is 4.74 Å². The quantitative estimate of drug-likeness (QED) is 0.814. The molecule has 5 unspecified atom stereocenters. The molecule has 0 aromatic rings. The van der Waals surface area contributed by atoms with E-state index in [9.17, 15) is 5.11 Å². The summed E-state index contributed by atoms with van der Waals surface area (Å²) >= 11 is 0. The number of rotatable bonds is 2. The van der Waals surface area contributed by atoms with E-state index >= 15 is 0 Å². The van der Waals surface area contributed by atoms with Crippen LogP contribution in [-0.4, -0.2) is 22.0 Å². The molecule has 0 aromatic carbocycles. The SMILES string of the molecule is CC(C)C1CC23OC1(O)C/C(=C\NC(C)(C)C)C2CCC3C. The van der Waals surface area contributed by atoms with E-state index in [2.05, 4.69) is 53.1 Å². The van der Waals surface area contributed by atoms with E-state index in [1.807, 2.05) is 0 Å². The van der Waals surface area contributed by atoms with Gasteiger partial charge in [0.05, 0.1) is 5.60 Å². The summed E-state index contributed by atoms with van der Waals surface area (Å²) in [6, 6.07) is 0. The largest absolute Gasteiger partial charge is 0.386 e. The van der Waals surface area contributed by atoms with Crippen molar-refractivity contribution in [2.45, 2.75) is 84.2 Å². The molecule has 22 heavy (non-hydrogen) atoms. The van der Waals surface area contributed by atoms with Crippen molar-refractivity contribution in [1.82, 2.24) is 5.32 Å². The summed E-state index contributed by atoms with van der Waals surface area (Å²) in [7, 11) is 0. The first-order chi connectivity index (χ1) is 10.1. The lowest BCUT2D eigenvalue weighted by Gasteiger charge is -2.44. The summed E-state index contributed by atoms with van der Waals surface area (Å²) in [6.45, 7) is 13.3. The molecule has 0 aromatic heterocycles. The monoisotopic (exact) mass is 307 g/mol. The van der Waals surface area contributed by atoms with Gasteiger partial charge in [-0.25, -0.2) is 0 Å². The molecule has 3 aliphatic rings. The molecule has 3 rings (SSSR count). The predicted octanol–water partition coefficient (Wildman–Crippen LogP) is 3.83. The summed E-state index contributed by atoms with van der Waals surface area (Å²) in [5.74, 6) is 0.741. The molecule has 3 nitrogen and oxygen atoms in total. The second kappa shape index (κ2) is 4.98. The standard InChI is InChI=1S/C19H33NO2/c1-12(2)16-10-18-13(3)7-8-15(18)14(9-19(16,21)22-18)11-20-17(4,5)6/h11-13,15-16,20-21H,7-10H2,1-6H3/b14-11+. The van der Waals surface area contributed by atoms with Crippen molar-refractivity contribution in [3.63, 3.8) is 0 Å². The smallest absolute Gasteiger partial charge is 0.173 e. The molecule has 1 saturated carbocycles. The van der Waals surface area contributed by atoms with Crippen LogP contribution in [0.5, 0.6) is 0 Å². The van der Waals surface area contributed by atoms with E-state index in [0.717, 1.165) is 6.42 Å². The fraction of sp³-hybridized carbons (Fsp3) is 0.895. The first kappa shape index (κ1) is 16.3. The van der Waals surface area contributed by atoms with Gasteiger partial charge in [-0.1, -0.05) is 20.8 Å². The number of fused-ring (bicyclic) bond motifs is 1. The summed E-state index contributed by atoms with van der Waals surface area (Å²) < 4.78 is 6.43. The molecule has 0 amide bonds. The van der Waals surface area contributed by atoms with E-state index in [-0.39, 0.29) is 17.1 Å². The highest BCUT2D eigenvalue weighted by atomic mass is 16.6. The van der Waals surface area contributed by atoms with E-state index in [1.54, 1.807) is 0 Å². The Morgan fingerprint density at radius 2 is 2.00 bits per heavy atom. The maximum atomic E-state index is 11.2. The molecular weight excluding hydrogens is 274 g/mol. The lowest BCUT2D eigenvalue weighted by atomic mass is 9.77. The molecule has 3 heteroatoms. The van der Waals surface area contributed by atoms with Crippen molar-refractivity contribution in [2.75, 3.05) is 0 Å². The Morgan fingerprint density at radius 3 is 2.59 bits per heavy atom. The highest BCUT2D eigenvalue weighted by molar-refractivity contribution is 5.26. The highest BCUT2D eigenvalue weighted by Gasteiger charge is 2.66. The average molecular weight is 307 g/mol. The number of ether oxygens (including phenoxy) is 1. The topological polar surface area (TPSA) is 41.5 Å². The number of hydrogen-bond donors (Lipinski definition) is 2. The second-order valence-electron chi connectivity index (χ2n) is 9.28. The fourth-order valence-electron chi connectivity index (χ4n) is 5.01.